The molecule has 0 unspecified atom stereocenters. The molecule has 0 atom stereocenters. The van der Waals surface area contributed by atoms with Gasteiger partial charge in [0.2, 0.25) is 0 Å². The highest BCUT2D eigenvalue weighted by Crippen LogP contribution is 2.23. The van der Waals surface area contributed by atoms with Crippen LogP contribution in [0.5, 0.6) is 0 Å². The van der Waals surface area contributed by atoms with E-state index in [1.165, 1.54) is 12.1 Å². The predicted octanol–water partition coefficient (Wildman–Crippen LogP) is 2.38. The molecular formula is C12H12ClN3O2. The number of nitrogens with one attached hydrogen (secondary N) is 1. The zero-order valence-corrected chi connectivity index (χ0v) is 10.5. The van der Waals surface area contributed by atoms with E-state index in [-0.39, 0.29) is 5.56 Å². The highest BCUT2D eigenvalue weighted by molar-refractivity contribution is 6.33. The molecular weight excluding hydrogens is 254 g/mol. The summed E-state index contributed by atoms with van der Waals surface area (Å²) in [7, 11) is 1.85. The van der Waals surface area contributed by atoms with Crippen molar-refractivity contribution in [1.82, 2.24) is 9.78 Å². The van der Waals surface area contributed by atoms with Gasteiger partial charge in [0.1, 0.15) is 0 Å². The third kappa shape index (κ3) is 2.81. The summed E-state index contributed by atoms with van der Waals surface area (Å²) in [5, 5.41) is 16.4. The van der Waals surface area contributed by atoms with E-state index in [0.717, 1.165) is 5.56 Å². The minimum Gasteiger partial charge on any atom is -0.478 e. The molecule has 0 saturated carbocycles. The van der Waals surface area contributed by atoms with Gasteiger partial charge in [-0.25, -0.2) is 4.79 Å². The summed E-state index contributed by atoms with van der Waals surface area (Å²) in [5.41, 5.74) is 1.90. The zero-order valence-electron chi connectivity index (χ0n) is 9.72. The minimum absolute atomic E-state index is 0.173. The number of halogens is 1. The number of anilines is 1. The van der Waals surface area contributed by atoms with Crippen molar-refractivity contribution in [3.63, 3.8) is 0 Å². The van der Waals surface area contributed by atoms with Gasteiger partial charge in [0, 0.05) is 25.4 Å². The first kappa shape index (κ1) is 12.4. The Balaban J connectivity index is 2.08. The topological polar surface area (TPSA) is 67.2 Å². The summed E-state index contributed by atoms with van der Waals surface area (Å²) in [6, 6.07) is 4.59. The van der Waals surface area contributed by atoms with Crippen molar-refractivity contribution < 1.29 is 9.90 Å². The van der Waals surface area contributed by atoms with Gasteiger partial charge in [0.15, 0.2) is 0 Å². The Bertz CT molecular complexity index is 580. The first-order valence-electron chi connectivity index (χ1n) is 5.30. The Kier molecular flexibility index (Phi) is 3.53. The molecule has 0 fully saturated rings. The number of benzene rings is 1. The Morgan fingerprint density at radius 1 is 1.56 bits per heavy atom. The van der Waals surface area contributed by atoms with Crippen molar-refractivity contribution in [3.05, 3.63) is 46.7 Å². The van der Waals surface area contributed by atoms with Gasteiger partial charge in [-0.3, -0.25) is 4.68 Å². The fraction of sp³-hybridized carbons (Fsp3) is 0.167. The van der Waals surface area contributed by atoms with Gasteiger partial charge in [-0.05, 0) is 18.2 Å². The van der Waals surface area contributed by atoms with Crippen LogP contribution in [0.4, 0.5) is 5.69 Å². The van der Waals surface area contributed by atoms with Gasteiger partial charge in [0.25, 0.3) is 0 Å². The molecule has 0 bridgehead atoms. The van der Waals surface area contributed by atoms with Crippen LogP contribution in [0, 0.1) is 0 Å². The van der Waals surface area contributed by atoms with Crippen molar-refractivity contribution >= 4 is 23.3 Å². The Labute approximate surface area is 109 Å². The van der Waals surface area contributed by atoms with Crippen LogP contribution in [0.25, 0.3) is 0 Å². The monoisotopic (exact) mass is 265 g/mol. The number of nitrogens with zero attached hydrogens (tertiary/aromatic N) is 2. The second-order valence-corrected chi connectivity index (χ2v) is 4.28. The van der Waals surface area contributed by atoms with E-state index in [2.05, 4.69) is 10.4 Å². The van der Waals surface area contributed by atoms with Crippen molar-refractivity contribution in [2.24, 2.45) is 7.05 Å². The maximum atomic E-state index is 10.8. The lowest BCUT2D eigenvalue weighted by atomic mass is 10.2. The van der Waals surface area contributed by atoms with Crippen LogP contribution in [-0.2, 0) is 13.6 Å². The number of aryl methyl sites for hydroxylation is 1. The number of aromatic nitrogens is 2. The fourth-order valence-corrected chi connectivity index (χ4v) is 1.80. The van der Waals surface area contributed by atoms with E-state index >= 15 is 0 Å². The van der Waals surface area contributed by atoms with E-state index in [1.54, 1.807) is 16.9 Å². The molecule has 1 heterocycles. The second kappa shape index (κ2) is 5.10. The predicted molar refractivity (Wildman–Crippen MR) is 68.9 cm³/mol. The normalized spacial score (nSPS) is 10.3. The van der Waals surface area contributed by atoms with Crippen LogP contribution in [0.1, 0.15) is 15.9 Å². The molecule has 2 aromatic rings. The van der Waals surface area contributed by atoms with Crippen LogP contribution < -0.4 is 5.32 Å². The number of carboxylic acid groups (broad SMARTS) is 1. The molecule has 18 heavy (non-hydrogen) atoms. The third-order valence-corrected chi connectivity index (χ3v) is 2.77. The molecule has 0 spiro atoms. The summed E-state index contributed by atoms with van der Waals surface area (Å²) in [5.74, 6) is -0.990. The lowest BCUT2D eigenvalue weighted by Gasteiger charge is -2.07. The Hall–Kier alpha value is -2.01. The van der Waals surface area contributed by atoms with Crippen molar-refractivity contribution in [2.45, 2.75) is 6.54 Å². The molecule has 0 aliphatic rings. The first-order valence-corrected chi connectivity index (χ1v) is 5.68. The molecule has 2 rings (SSSR count). The number of carboxylic acids is 1. The number of carbonyl (C=O) groups is 1. The van der Waals surface area contributed by atoms with Gasteiger partial charge >= 0.3 is 5.97 Å². The minimum atomic E-state index is -0.990. The van der Waals surface area contributed by atoms with E-state index < -0.39 is 5.97 Å². The van der Waals surface area contributed by atoms with Crippen molar-refractivity contribution in [3.8, 4) is 0 Å². The highest BCUT2D eigenvalue weighted by Gasteiger charge is 2.07. The number of aromatic carboxylic acids is 1. The summed E-state index contributed by atoms with van der Waals surface area (Å²) >= 11 is 6.00. The van der Waals surface area contributed by atoms with Gasteiger partial charge in [0.05, 0.1) is 22.5 Å². The summed E-state index contributed by atoms with van der Waals surface area (Å²) in [6.45, 7) is 0.583. The quantitative estimate of drug-likeness (QED) is 0.891. The zero-order chi connectivity index (χ0) is 13.1. The molecule has 5 nitrogen and oxygen atoms in total. The summed E-state index contributed by atoms with van der Waals surface area (Å²) < 4.78 is 1.71. The molecule has 0 aliphatic heterocycles. The average molecular weight is 266 g/mol. The molecule has 2 N–H and O–H groups in total. The lowest BCUT2D eigenvalue weighted by molar-refractivity contribution is 0.0697. The first-order chi connectivity index (χ1) is 8.56. The van der Waals surface area contributed by atoms with Crippen LogP contribution in [0.3, 0.4) is 0 Å². The number of rotatable bonds is 4. The molecule has 0 aliphatic carbocycles. The Morgan fingerprint density at radius 2 is 2.33 bits per heavy atom. The maximum absolute atomic E-state index is 10.8. The van der Waals surface area contributed by atoms with E-state index in [9.17, 15) is 4.79 Å². The third-order valence-electron chi connectivity index (χ3n) is 2.46. The van der Waals surface area contributed by atoms with Crippen molar-refractivity contribution in [2.75, 3.05) is 5.32 Å². The van der Waals surface area contributed by atoms with Crippen LogP contribution in [-0.4, -0.2) is 20.9 Å². The summed E-state index contributed by atoms with van der Waals surface area (Å²) in [4.78, 5) is 10.8. The smallest absolute Gasteiger partial charge is 0.335 e. The standard InChI is InChI=1S/C12H12ClN3O2/c1-16-7-8(6-15-16)5-14-11-3-2-9(12(17)18)4-10(11)13/h2-4,6-7,14H,5H2,1H3,(H,17,18). The molecule has 1 aromatic carbocycles. The molecule has 0 radical (unpaired) electrons. The van der Waals surface area contributed by atoms with Gasteiger partial charge in [-0.15, -0.1) is 0 Å². The SMILES string of the molecule is Cn1cc(CNc2ccc(C(=O)O)cc2Cl)cn1. The maximum Gasteiger partial charge on any atom is 0.335 e. The van der Waals surface area contributed by atoms with Crippen molar-refractivity contribution in [1.29, 1.82) is 0 Å². The Morgan fingerprint density at radius 3 is 2.89 bits per heavy atom. The largest absolute Gasteiger partial charge is 0.478 e. The average Bonchev–Trinajstić information content (AvgIpc) is 2.73. The van der Waals surface area contributed by atoms with Gasteiger partial charge in [-0.2, -0.15) is 5.10 Å². The molecule has 0 amide bonds. The van der Waals surface area contributed by atoms with E-state index in [0.29, 0.717) is 17.3 Å². The summed E-state index contributed by atoms with van der Waals surface area (Å²) in [6.07, 6.45) is 3.65. The fourth-order valence-electron chi connectivity index (χ4n) is 1.55. The molecule has 94 valence electrons. The second-order valence-electron chi connectivity index (χ2n) is 3.88. The lowest BCUT2D eigenvalue weighted by Crippen LogP contribution is -2.01. The molecule has 6 heteroatoms. The van der Waals surface area contributed by atoms with Crippen LogP contribution in [0.2, 0.25) is 5.02 Å². The molecule has 0 saturated heterocycles. The number of hydrogen-bond donors (Lipinski definition) is 2. The van der Waals surface area contributed by atoms with Gasteiger partial charge in [-0.1, -0.05) is 11.6 Å². The number of hydrogen-bond acceptors (Lipinski definition) is 3. The highest BCUT2D eigenvalue weighted by atomic mass is 35.5. The van der Waals surface area contributed by atoms with Crippen LogP contribution >= 0.6 is 11.6 Å². The molecule has 1 aromatic heterocycles. The van der Waals surface area contributed by atoms with E-state index in [1.807, 2.05) is 13.2 Å². The van der Waals surface area contributed by atoms with Gasteiger partial charge < -0.3 is 10.4 Å². The van der Waals surface area contributed by atoms with Crippen LogP contribution in [0.15, 0.2) is 30.6 Å². The van der Waals surface area contributed by atoms with E-state index in [4.69, 9.17) is 16.7 Å².